The Hall–Kier alpha value is -0.970. The average molecular weight is 719 g/mol. The highest BCUT2D eigenvalue weighted by atomic mass is 16.7. The van der Waals surface area contributed by atoms with E-state index in [0.29, 0.717) is 12.8 Å². The fourth-order valence-corrected chi connectivity index (χ4v) is 8.58. The minimum Gasteiger partial charge on any atom is -0.462 e. The van der Waals surface area contributed by atoms with Crippen molar-refractivity contribution >= 4 is 5.97 Å². The van der Waals surface area contributed by atoms with Gasteiger partial charge in [0.1, 0.15) is 18.3 Å². The monoisotopic (exact) mass is 718 g/mol. The number of methoxy groups -OCH3 is 1. The quantitative estimate of drug-likeness (QED) is 0.242. The van der Waals surface area contributed by atoms with E-state index >= 15 is 0 Å². The van der Waals surface area contributed by atoms with Gasteiger partial charge in [-0.2, -0.15) is 0 Å². The van der Waals surface area contributed by atoms with Crippen LogP contribution in [0.3, 0.4) is 0 Å². The summed E-state index contributed by atoms with van der Waals surface area (Å²) in [6, 6.07) is -0.775. The highest BCUT2D eigenvalue weighted by Crippen LogP contribution is 2.40. The van der Waals surface area contributed by atoms with E-state index in [9.17, 15) is 25.2 Å². The number of hydrogen-bond acceptors (Lipinski definition) is 13. The van der Waals surface area contributed by atoms with Gasteiger partial charge in [0.25, 0.3) is 0 Å². The molecule has 3 fully saturated rings. The third-order valence-electron chi connectivity index (χ3n) is 12.1. The number of cyclic esters (lactones) is 1. The van der Waals surface area contributed by atoms with E-state index in [-0.39, 0.29) is 36.8 Å². The van der Waals surface area contributed by atoms with Crippen LogP contribution in [0.25, 0.3) is 0 Å². The van der Waals surface area contributed by atoms with Gasteiger partial charge in [-0.3, -0.25) is 4.79 Å². The molecule has 294 valence electrons. The Morgan fingerprint density at radius 1 is 0.920 bits per heavy atom. The van der Waals surface area contributed by atoms with Gasteiger partial charge in [-0.25, -0.2) is 0 Å². The maximum atomic E-state index is 14.1. The van der Waals surface area contributed by atoms with E-state index in [1.807, 2.05) is 60.5 Å². The molecule has 0 amide bonds. The number of aliphatic hydroxyl groups is 4. The molecule has 0 aromatic heterocycles. The number of likely N-dealkylation sites (N-methyl/N-ethyl adjacent to an activating group) is 1. The lowest BCUT2D eigenvalue weighted by Crippen LogP contribution is -2.61. The SMILES string of the molecule is CC[C@H]1OC(=O)[C@H](C)[C@@H](OC2CC(C)(OC)C(O)C(C)O2)[C@H](C)[C@@H](OC2OC(C)CC(N(C)C)C2O)[C@](C)(O)C[C@@H](C)[C@H](N)[C@H](C)[C@@H](O)[C@H]1C. The molecule has 3 aliphatic heterocycles. The highest BCUT2D eigenvalue weighted by molar-refractivity contribution is 5.73. The molecule has 6 N–H and O–H groups in total. The second-order valence-corrected chi connectivity index (χ2v) is 16.5. The molecule has 0 aromatic carbocycles. The Morgan fingerprint density at radius 2 is 1.54 bits per heavy atom. The first-order chi connectivity index (χ1) is 23.1. The smallest absolute Gasteiger partial charge is 0.311 e. The number of esters is 1. The fourth-order valence-electron chi connectivity index (χ4n) is 8.58. The molecule has 13 heteroatoms. The number of carbonyl (C=O) groups excluding carboxylic acids is 1. The third kappa shape index (κ3) is 9.57. The predicted molar refractivity (Wildman–Crippen MR) is 188 cm³/mol. The minimum atomic E-state index is -1.58. The minimum absolute atomic E-state index is 0.166. The molecule has 3 saturated heterocycles. The number of rotatable bonds is 7. The summed E-state index contributed by atoms with van der Waals surface area (Å²) >= 11 is 0. The summed E-state index contributed by atoms with van der Waals surface area (Å²) in [6.45, 7) is 18.2. The van der Waals surface area contributed by atoms with E-state index in [2.05, 4.69) is 0 Å². The molecule has 0 bridgehead atoms. The van der Waals surface area contributed by atoms with Gasteiger partial charge in [0.15, 0.2) is 12.6 Å². The first-order valence-electron chi connectivity index (χ1n) is 18.7. The summed E-state index contributed by atoms with van der Waals surface area (Å²) in [7, 11) is 5.30. The Balaban J connectivity index is 2.15. The van der Waals surface area contributed by atoms with Gasteiger partial charge in [0.05, 0.1) is 47.6 Å². The predicted octanol–water partition coefficient (Wildman–Crippen LogP) is 2.43. The van der Waals surface area contributed by atoms with Gasteiger partial charge in [-0.15, -0.1) is 0 Å². The van der Waals surface area contributed by atoms with E-state index < -0.39 is 96.3 Å². The van der Waals surface area contributed by atoms with Crippen LogP contribution >= 0.6 is 0 Å². The number of aliphatic hydroxyl groups excluding tert-OH is 3. The normalized spacial score (nSPS) is 50.5. The van der Waals surface area contributed by atoms with Crippen LogP contribution < -0.4 is 5.73 Å². The summed E-state index contributed by atoms with van der Waals surface area (Å²) in [5.41, 5.74) is 4.22. The summed E-state index contributed by atoms with van der Waals surface area (Å²) in [5.74, 6) is -3.20. The van der Waals surface area contributed by atoms with Crippen LogP contribution in [0.1, 0.15) is 94.9 Å². The Bertz CT molecular complexity index is 1080. The van der Waals surface area contributed by atoms with Crippen molar-refractivity contribution in [3.05, 3.63) is 0 Å². The Labute approximate surface area is 300 Å². The fraction of sp³-hybridized carbons (Fsp3) is 0.973. The van der Waals surface area contributed by atoms with Gasteiger partial charge in [0.2, 0.25) is 0 Å². The summed E-state index contributed by atoms with van der Waals surface area (Å²) in [4.78, 5) is 16.0. The maximum Gasteiger partial charge on any atom is 0.311 e. The van der Waals surface area contributed by atoms with Crippen molar-refractivity contribution in [1.82, 2.24) is 4.90 Å². The Kier molecular flexibility index (Phi) is 15.2. The van der Waals surface area contributed by atoms with Crippen LogP contribution in [0.15, 0.2) is 0 Å². The molecule has 50 heavy (non-hydrogen) atoms. The van der Waals surface area contributed by atoms with Crippen LogP contribution in [0, 0.1) is 29.6 Å². The zero-order valence-corrected chi connectivity index (χ0v) is 32.8. The molecule has 0 spiro atoms. The highest BCUT2D eigenvalue weighted by Gasteiger charge is 2.52. The molecule has 0 aromatic rings. The summed E-state index contributed by atoms with van der Waals surface area (Å²) in [6.07, 6.45) is -6.88. The molecule has 3 heterocycles. The topological polar surface area (TPSA) is 183 Å². The van der Waals surface area contributed by atoms with Gasteiger partial charge in [-0.1, -0.05) is 34.6 Å². The standard InChI is InChI=1S/C37H70N2O11/c1-14-26-20(4)29(40)21(5)28(38)18(2)16-36(9,44)33(50-35-30(41)25(39(11)12)15-19(3)46-35)22(6)31(23(7)34(43)48-26)49-27-17-37(10,45-13)32(42)24(8)47-27/h18-33,35,40-42,44H,14-17,38H2,1-13H3/t18-,19?,20+,21+,22+,23-,24?,25?,26-,27?,28+,29+,30?,31+,32?,33-,35?,36-,37?/m1/s1. The van der Waals surface area contributed by atoms with Crippen molar-refractivity contribution in [2.24, 2.45) is 35.3 Å². The van der Waals surface area contributed by atoms with Crippen LogP contribution in [-0.2, 0) is 33.2 Å². The molecule has 0 aliphatic carbocycles. The van der Waals surface area contributed by atoms with E-state index in [1.165, 1.54) is 7.11 Å². The molecule has 8 unspecified atom stereocenters. The number of ether oxygens (including phenoxy) is 6. The van der Waals surface area contributed by atoms with Crippen molar-refractivity contribution in [3.63, 3.8) is 0 Å². The van der Waals surface area contributed by atoms with Crippen molar-refractivity contribution in [2.75, 3.05) is 21.2 Å². The summed E-state index contributed by atoms with van der Waals surface area (Å²) < 4.78 is 37.6. The maximum absolute atomic E-state index is 14.1. The van der Waals surface area contributed by atoms with Crippen molar-refractivity contribution in [2.45, 2.75) is 180 Å². The zero-order chi connectivity index (χ0) is 38.0. The van der Waals surface area contributed by atoms with Gasteiger partial charge >= 0.3 is 5.97 Å². The Morgan fingerprint density at radius 3 is 2.10 bits per heavy atom. The average Bonchev–Trinajstić information content (AvgIpc) is 3.05. The first-order valence-corrected chi connectivity index (χ1v) is 18.7. The molecule has 3 rings (SSSR count). The van der Waals surface area contributed by atoms with Crippen LogP contribution in [0.2, 0.25) is 0 Å². The van der Waals surface area contributed by atoms with Crippen LogP contribution in [0.5, 0.6) is 0 Å². The molecular weight excluding hydrogens is 648 g/mol. The molecular formula is C37H70N2O11. The van der Waals surface area contributed by atoms with Gasteiger partial charge < -0.3 is 59.5 Å². The zero-order valence-electron chi connectivity index (χ0n) is 32.8. The lowest BCUT2D eigenvalue weighted by molar-refractivity contribution is -0.318. The number of nitrogens with two attached hydrogens (primary N) is 1. The molecule has 13 nitrogen and oxygen atoms in total. The largest absolute Gasteiger partial charge is 0.462 e. The number of carbonyl (C=O) groups is 1. The van der Waals surface area contributed by atoms with Gasteiger partial charge in [0, 0.05) is 37.5 Å². The second kappa shape index (κ2) is 17.4. The van der Waals surface area contributed by atoms with Gasteiger partial charge in [-0.05, 0) is 79.8 Å². The summed E-state index contributed by atoms with van der Waals surface area (Å²) in [5, 5.41) is 46.3. The molecule has 19 atom stereocenters. The second-order valence-electron chi connectivity index (χ2n) is 16.5. The van der Waals surface area contributed by atoms with Crippen LogP contribution in [-0.4, -0.2) is 137 Å². The van der Waals surface area contributed by atoms with E-state index in [1.54, 1.807) is 27.7 Å². The van der Waals surface area contributed by atoms with Crippen molar-refractivity contribution in [3.8, 4) is 0 Å². The third-order valence-corrected chi connectivity index (χ3v) is 12.1. The van der Waals surface area contributed by atoms with E-state index in [4.69, 9.17) is 34.2 Å². The molecule has 0 radical (unpaired) electrons. The number of hydrogen-bond donors (Lipinski definition) is 5. The first kappa shape index (κ1) is 43.4. The lowest BCUT2D eigenvalue weighted by Gasteiger charge is -2.49. The lowest BCUT2D eigenvalue weighted by atomic mass is 9.73. The molecule has 0 saturated carbocycles. The van der Waals surface area contributed by atoms with Crippen molar-refractivity contribution < 1.29 is 53.6 Å². The molecule has 3 aliphatic rings. The number of nitrogens with zero attached hydrogens (tertiary/aromatic N) is 1. The van der Waals surface area contributed by atoms with Crippen LogP contribution in [0.4, 0.5) is 0 Å². The van der Waals surface area contributed by atoms with Crippen molar-refractivity contribution in [1.29, 1.82) is 0 Å². The van der Waals surface area contributed by atoms with E-state index in [0.717, 1.165) is 0 Å².